The van der Waals surface area contributed by atoms with Crippen LogP contribution in [0.3, 0.4) is 0 Å². The van der Waals surface area contributed by atoms with E-state index in [-0.39, 0.29) is 0 Å². The van der Waals surface area contributed by atoms with Crippen molar-refractivity contribution in [3.05, 3.63) is 47.3 Å². The Balaban J connectivity index is 2.04. The normalized spacial score (nSPS) is 10.5. The van der Waals surface area contributed by atoms with E-state index in [0.717, 1.165) is 24.5 Å². The highest BCUT2D eigenvalue weighted by molar-refractivity contribution is 5.44. The molecule has 1 aromatic heterocycles. The SMILES string of the molecule is CCn1nc(C)cc1CNc1ccc(C)cc1. The van der Waals surface area contributed by atoms with Crippen molar-refractivity contribution in [2.24, 2.45) is 0 Å². The minimum Gasteiger partial charge on any atom is -0.379 e. The van der Waals surface area contributed by atoms with Crippen molar-refractivity contribution in [1.29, 1.82) is 0 Å². The first-order valence-electron chi connectivity index (χ1n) is 6.03. The topological polar surface area (TPSA) is 29.9 Å². The molecule has 1 heterocycles. The van der Waals surface area contributed by atoms with Gasteiger partial charge < -0.3 is 5.32 Å². The molecule has 0 fully saturated rings. The number of nitrogens with one attached hydrogen (secondary N) is 1. The maximum atomic E-state index is 4.43. The number of rotatable bonds is 4. The highest BCUT2D eigenvalue weighted by Gasteiger charge is 2.03. The molecule has 0 atom stereocenters. The second-order valence-electron chi connectivity index (χ2n) is 4.31. The van der Waals surface area contributed by atoms with Crippen LogP contribution in [0.5, 0.6) is 0 Å². The largest absolute Gasteiger partial charge is 0.379 e. The van der Waals surface area contributed by atoms with Gasteiger partial charge in [0.25, 0.3) is 0 Å². The van der Waals surface area contributed by atoms with Gasteiger partial charge >= 0.3 is 0 Å². The van der Waals surface area contributed by atoms with Gasteiger partial charge in [-0.1, -0.05) is 17.7 Å². The van der Waals surface area contributed by atoms with Gasteiger partial charge in [-0.05, 0) is 39.0 Å². The average Bonchev–Trinajstić information content (AvgIpc) is 2.69. The predicted octanol–water partition coefficient (Wildman–Crippen LogP) is 3.13. The summed E-state index contributed by atoms with van der Waals surface area (Å²) in [6, 6.07) is 10.6. The van der Waals surface area contributed by atoms with Crippen molar-refractivity contribution in [2.75, 3.05) is 5.32 Å². The van der Waals surface area contributed by atoms with E-state index in [0.29, 0.717) is 0 Å². The first-order valence-corrected chi connectivity index (χ1v) is 6.03. The molecular weight excluding hydrogens is 210 g/mol. The van der Waals surface area contributed by atoms with Gasteiger partial charge in [-0.3, -0.25) is 4.68 Å². The van der Waals surface area contributed by atoms with Crippen LogP contribution in [-0.2, 0) is 13.1 Å². The molecule has 0 radical (unpaired) electrons. The maximum Gasteiger partial charge on any atom is 0.0597 e. The second kappa shape index (κ2) is 5.04. The molecule has 0 bridgehead atoms. The fraction of sp³-hybridized carbons (Fsp3) is 0.357. The molecule has 0 aliphatic rings. The highest BCUT2D eigenvalue weighted by atomic mass is 15.3. The zero-order valence-corrected chi connectivity index (χ0v) is 10.7. The Morgan fingerprint density at radius 2 is 1.88 bits per heavy atom. The van der Waals surface area contributed by atoms with Gasteiger partial charge in [0, 0.05) is 12.2 Å². The molecule has 17 heavy (non-hydrogen) atoms. The summed E-state index contributed by atoms with van der Waals surface area (Å²) in [5.74, 6) is 0. The van der Waals surface area contributed by atoms with Crippen molar-refractivity contribution in [3.8, 4) is 0 Å². The van der Waals surface area contributed by atoms with Gasteiger partial charge in [0.05, 0.1) is 17.9 Å². The molecule has 1 N–H and O–H groups in total. The van der Waals surface area contributed by atoms with E-state index >= 15 is 0 Å². The lowest BCUT2D eigenvalue weighted by atomic mass is 10.2. The van der Waals surface area contributed by atoms with Crippen LogP contribution in [-0.4, -0.2) is 9.78 Å². The minimum atomic E-state index is 0.817. The summed E-state index contributed by atoms with van der Waals surface area (Å²) in [5, 5.41) is 7.85. The molecule has 2 aromatic rings. The van der Waals surface area contributed by atoms with Crippen molar-refractivity contribution >= 4 is 5.69 Å². The Labute approximate surface area is 102 Å². The molecule has 0 aliphatic heterocycles. The number of hydrogen-bond donors (Lipinski definition) is 1. The van der Waals surface area contributed by atoms with Crippen molar-refractivity contribution in [3.63, 3.8) is 0 Å². The number of aromatic nitrogens is 2. The third-order valence-corrected chi connectivity index (χ3v) is 2.81. The average molecular weight is 229 g/mol. The number of anilines is 1. The molecule has 0 spiro atoms. The zero-order valence-electron chi connectivity index (χ0n) is 10.7. The predicted molar refractivity (Wildman–Crippen MR) is 71.1 cm³/mol. The molecule has 0 unspecified atom stereocenters. The Morgan fingerprint density at radius 3 is 2.53 bits per heavy atom. The fourth-order valence-corrected chi connectivity index (χ4v) is 1.88. The van der Waals surface area contributed by atoms with Crippen LogP contribution < -0.4 is 5.32 Å². The van der Waals surface area contributed by atoms with E-state index < -0.39 is 0 Å². The maximum absolute atomic E-state index is 4.43. The number of hydrogen-bond acceptors (Lipinski definition) is 2. The van der Waals surface area contributed by atoms with Crippen LogP contribution in [0.15, 0.2) is 30.3 Å². The second-order valence-corrected chi connectivity index (χ2v) is 4.31. The van der Waals surface area contributed by atoms with Crippen molar-refractivity contribution in [2.45, 2.75) is 33.9 Å². The number of benzene rings is 1. The summed E-state index contributed by atoms with van der Waals surface area (Å²) >= 11 is 0. The summed E-state index contributed by atoms with van der Waals surface area (Å²) in [4.78, 5) is 0. The standard InChI is InChI=1S/C14H19N3/c1-4-17-14(9-12(3)16-17)10-15-13-7-5-11(2)6-8-13/h5-9,15H,4,10H2,1-3H3. The van der Waals surface area contributed by atoms with Crippen LogP contribution >= 0.6 is 0 Å². The van der Waals surface area contributed by atoms with Crippen LogP contribution in [0.2, 0.25) is 0 Å². The van der Waals surface area contributed by atoms with E-state index in [1.54, 1.807) is 0 Å². The van der Waals surface area contributed by atoms with Crippen LogP contribution in [0, 0.1) is 13.8 Å². The van der Waals surface area contributed by atoms with Gasteiger partial charge in [-0.2, -0.15) is 5.10 Å². The molecule has 0 aliphatic carbocycles. The smallest absolute Gasteiger partial charge is 0.0597 e. The summed E-state index contributed by atoms with van der Waals surface area (Å²) < 4.78 is 2.04. The molecule has 90 valence electrons. The van der Waals surface area contributed by atoms with E-state index in [2.05, 4.69) is 54.6 Å². The summed E-state index contributed by atoms with van der Waals surface area (Å²) in [6.45, 7) is 7.97. The monoisotopic (exact) mass is 229 g/mol. The third kappa shape index (κ3) is 2.87. The molecule has 0 saturated heterocycles. The molecule has 3 heteroatoms. The van der Waals surface area contributed by atoms with Crippen LogP contribution in [0.4, 0.5) is 5.69 Å². The van der Waals surface area contributed by atoms with Crippen molar-refractivity contribution < 1.29 is 0 Å². The molecule has 0 saturated carbocycles. The minimum absolute atomic E-state index is 0.817. The first-order chi connectivity index (χ1) is 8.19. The lowest BCUT2D eigenvalue weighted by Gasteiger charge is -2.08. The van der Waals surface area contributed by atoms with Gasteiger partial charge in [0.1, 0.15) is 0 Å². The quantitative estimate of drug-likeness (QED) is 0.873. The third-order valence-electron chi connectivity index (χ3n) is 2.81. The van der Waals surface area contributed by atoms with Crippen LogP contribution in [0.25, 0.3) is 0 Å². The van der Waals surface area contributed by atoms with Gasteiger partial charge in [0.2, 0.25) is 0 Å². The highest BCUT2D eigenvalue weighted by Crippen LogP contribution is 2.11. The van der Waals surface area contributed by atoms with Gasteiger partial charge in [0.15, 0.2) is 0 Å². The van der Waals surface area contributed by atoms with Crippen LogP contribution in [0.1, 0.15) is 23.9 Å². The van der Waals surface area contributed by atoms with Crippen molar-refractivity contribution in [1.82, 2.24) is 9.78 Å². The summed E-state index contributed by atoms with van der Waals surface area (Å²) in [5.41, 5.74) is 4.74. The summed E-state index contributed by atoms with van der Waals surface area (Å²) in [7, 11) is 0. The van der Waals surface area contributed by atoms with E-state index in [4.69, 9.17) is 0 Å². The molecular formula is C14H19N3. The molecule has 3 nitrogen and oxygen atoms in total. The summed E-state index contributed by atoms with van der Waals surface area (Å²) in [6.07, 6.45) is 0. The number of aryl methyl sites for hydroxylation is 3. The van der Waals surface area contributed by atoms with E-state index in [1.807, 2.05) is 11.6 Å². The number of nitrogens with zero attached hydrogens (tertiary/aromatic N) is 2. The Kier molecular flexibility index (Phi) is 3.47. The Morgan fingerprint density at radius 1 is 1.18 bits per heavy atom. The first kappa shape index (κ1) is 11.7. The van der Waals surface area contributed by atoms with E-state index in [1.165, 1.54) is 11.3 Å². The molecule has 2 rings (SSSR count). The fourth-order valence-electron chi connectivity index (χ4n) is 1.88. The lowest BCUT2D eigenvalue weighted by Crippen LogP contribution is -2.07. The lowest BCUT2D eigenvalue weighted by molar-refractivity contribution is 0.623. The molecule has 1 aromatic carbocycles. The van der Waals surface area contributed by atoms with E-state index in [9.17, 15) is 0 Å². The van der Waals surface area contributed by atoms with Gasteiger partial charge in [-0.25, -0.2) is 0 Å². The Bertz CT molecular complexity index is 483. The Hall–Kier alpha value is -1.77. The molecule has 0 amide bonds. The van der Waals surface area contributed by atoms with Gasteiger partial charge in [-0.15, -0.1) is 0 Å². The zero-order chi connectivity index (χ0) is 12.3.